The second kappa shape index (κ2) is 6.67. The molecule has 0 radical (unpaired) electrons. The summed E-state index contributed by atoms with van der Waals surface area (Å²) in [6.07, 6.45) is 7.84. The van der Waals surface area contributed by atoms with Gasteiger partial charge >= 0.3 is 0 Å². The molecule has 0 atom stereocenters. The first-order chi connectivity index (χ1) is 9.76. The number of benzene rings is 2. The Morgan fingerprint density at radius 3 is 2.50 bits per heavy atom. The van der Waals surface area contributed by atoms with Crippen LogP contribution in [0.2, 0.25) is 0 Å². The molecule has 0 amide bonds. The van der Waals surface area contributed by atoms with Gasteiger partial charge in [0.2, 0.25) is 0 Å². The molecule has 1 heteroatoms. The van der Waals surface area contributed by atoms with Gasteiger partial charge in [-0.2, -0.15) is 0 Å². The molecule has 0 saturated carbocycles. The van der Waals surface area contributed by atoms with Crippen LogP contribution in [0.25, 0.3) is 18.2 Å². The Labute approximate surface area is 120 Å². The molecule has 2 rings (SSSR count). The smallest absolute Gasteiger partial charge is 0.150 e. The van der Waals surface area contributed by atoms with Crippen LogP contribution in [0, 0.1) is 0 Å². The number of aryl methyl sites for hydroxylation is 1. The zero-order chi connectivity index (χ0) is 14.4. The van der Waals surface area contributed by atoms with E-state index in [9.17, 15) is 4.79 Å². The molecule has 0 saturated heterocycles. The predicted molar refractivity (Wildman–Crippen MR) is 86.7 cm³/mol. The maximum atomic E-state index is 10.8. The molecule has 0 spiro atoms. The van der Waals surface area contributed by atoms with Gasteiger partial charge in [0.05, 0.1) is 0 Å². The van der Waals surface area contributed by atoms with E-state index in [0.29, 0.717) is 5.56 Å². The van der Waals surface area contributed by atoms with Crippen LogP contribution in [0.5, 0.6) is 0 Å². The van der Waals surface area contributed by atoms with Crippen molar-refractivity contribution in [3.63, 3.8) is 0 Å². The van der Waals surface area contributed by atoms with Crippen LogP contribution in [-0.2, 0) is 6.42 Å². The third kappa shape index (κ3) is 3.33. The van der Waals surface area contributed by atoms with E-state index in [0.717, 1.165) is 23.8 Å². The van der Waals surface area contributed by atoms with Gasteiger partial charge < -0.3 is 0 Å². The number of hydrogen-bond donors (Lipinski definition) is 0. The van der Waals surface area contributed by atoms with Crippen LogP contribution in [-0.4, -0.2) is 6.29 Å². The van der Waals surface area contributed by atoms with Crippen molar-refractivity contribution in [1.82, 2.24) is 0 Å². The monoisotopic (exact) mass is 262 g/mol. The molecule has 0 fully saturated rings. The minimum absolute atomic E-state index is 0.697. The molecule has 2 aromatic rings. The van der Waals surface area contributed by atoms with E-state index >= 15 is 0 Å². The van der Waals surface area contributed by atoms with Gasteiger partial charge in [0.1, 0.15) is 6.29 Å². The average molecular weight is 262 g/mol. The maximum absolute atomic E-state index is 10.8. The molecular formula is C19H18O. The van der Waals surface area contributed by atoms with E-state index in [4.69, 9.17) is 0 Å². The molecule has 0 N–H and O–H groups in total. The standard InChI is InChI=1S/C19H18O/c1-3-15-8-10-18(4-2)19(13-15)11-9-16-6-5-7-17(12-16)14-20/h3,5-14H,1,4H2,2H3. The molecule has 0 aromatic heterocycles. The Balaban J connectivity index is 2.34. The first kappa shape index (κ1) is 14.0. The summed E-state index contributed by atoms with van der Waals surface area (Å²) in [6, 6.07) is 13.9. The highest BCUT2D eigenvalue weighted by Gasteiger charge is 1.98. The second-order valence-electron chi connectivity index (χ2n) is 4.64. The van der Waals surface area contributed by atoms with Crippen molar-refractivity contribution in [2.75, 3.05) is 0 Å². The number of carbonyl (C=O) groups excluding carboxylic acids is 1. The van der Waals surface area contributed by atoms with E-state index in [-0.39, 0.29) is 0 Å². The van der Waals surface area contributed by atoms with Crippen molar-refractivity contribution in [3.8, 4) is 0 Å². The van der Waals surface area contributed by atoms with Crippen molar-refractivity contribution >= 4 is 24.5 Å². The van der Waals surface area contributed by atoms with Gasteiger partial charge in [0.25, 0.3) is 0 Å². The fourth-order valence-corrected chi connectivity index (χ4v) is 2.14. The number of rotatable bonds is 5. The summed E-state index contributed by atoms with van der Waals surface area (Å²) in [5, 5.41) is 0. The highest BCUT2D eigenvalue weighted by Crippen LogP contribution is 2.17. The lowest BCUT2D eigenvalue weighted by molar-refractivity contribution is 0.112. The minimum atomic E-state index is 0.697. The van der Waals surface area contributed by atoms with Crippen molar-refractivity contribution in [2.45, 2.75) is 13.3 Å². The van der Waals surface area contributed by atoms with Crippen molar-refractivity contribution < 1.29 is 4.79 Å². The van der Waals surface area contributed by atoms with E-state index in [1.54, 1.807) is 6.07 Å². The second-order valence-corrected chi connectivity index (χ2v) is 4.64. The average Bonchev–Trinajstić information content (AvgIpc) is 2.52. The molecule has 0 aliphatic heterocycles. The molecule has 0 bridgehead atoms. The highest BCUT2D eigenvalue weighted by molar-refractivity contribution is 5.78. The lowest BCUT2D eigenvalue weighted by Gasteiger charge is -2.05. The Hall–Kier alpha value is -2.41. The van der Waals surface area contributed by atoms with E-state index in [1.165, 1.54) is 11.1 Å². The van der Waals surface area contributed by atoms with Crippen LogP contribution in [0.1, 0.15) is 39.5 Å². The summed E-state index contributed by atoms with van der Waals surface area (Å²) in [5.74, 6) is 0. The Kier molecular flexibility index (Phi) is 4.67. The normalized spacial score (nSPS) is 10.7. The minimum Gasteiger partial charge on any atom is -0.298 e. The van der Waals surface area contributed by atoms with Gasteiger partial charge in [-0.25, -0.2) is 0 Å². The fourth-order valence-electron chi connectivity index (χ4n) is 2.14. The molecule has 0 unspecified atom stereocenters. The van der Waals surface area contributed by atoms with Gasteiger partial charge in [-0.05, 0) is 40.8 Å². The Morgan fingerprint density at radius 2 is 1.80 bits per heavy atom. The number of hydrogen-bond acceptors (Lipinski definition) is 1. The lowest BCUT2D eigenvalue weighted by atomic mass is 10.0. The summed E-state index contributed by atoms with van der Waals surface area (Å²) < 4.78 is 0. The first-order valence-electron chi connectivity index (χ1n) is 6.75. The van der Waals surface area contributed by atoms with E-state index < -0.39 is 0 Å². The molecule has 1 nitrogen and oxygen atoms in total. The van der Waals surface area contributed by atoms with Crippen LogP contribution < -0.4 is 0 Å². The third-order valence-electron chi connectivity index (χ3n) is 3.29. The molecule has 20 heavy (non-hydrogen) atoms. The summed E-state index contributed by atoms with van der Waals surface area (Å²) in [5.41, 5.74) is 5.34. The lowest BCUT2D eigenvalue weighted by Crippen LogP contribution is -1.87. The van der Waals surface area contributed by atoms with Gasteiger partial charge in [0, 0.05) is 5.56 Å². The third-order valence-corrected chi connectivity index (χ3v) is 3.29. The molecule has 0 aliphatic rings. The zero-order valence-corrected chi connectivity index (χ0v) is 11.7. The summed E-state index contributed by atoms with van der Waals surface area (Å²) >= 11 is 0. The van der Waals surface area contributed by atoms with Crippen molar-refractivity contribution in [3.05, 3.63) is 76.9 Å². The van der Waals surface area contributed by atoms with Crippen LogP contribution in [0.4, 0.5) is 0 Å². The topological polar surface area (TPSA) is 17.1 Å². The SMILES string of the molecule is C=Cc1ccc(CC)c(C=Cc2cccc(C=O)c2)c1. The van der Waals surface area contributed by atoms with E-state index in [1.807, 2.05) is 30.4 Å². The van der Waals surface area contributed by atoms with Gasteiger partial charge in [0.15, 0.2) is 0 Å². The first-order valence-corrected chi connectivity index (χ1v) is 6.75. The number of carbonyl (C=O) groups is 1. The van der Waals surface area contributed by atoms with Gasteiger partial charge in [-0.3, -0.25) is 4.79 Å². The van der Waals surface area contributed by atoms with Crippen molar-refractivity contribution in [1.29, 1.82) is 0 Å². The fraction of sp³-hybridized carbons (Fsp3) is 0.105. The summed E-state index contributed by atoms with van der Waals surface area (Å²) in [6.45, 7) is 5.95. The van der Waals surface area contributed by atoms with E-state index in [2.05, 4.69) is 37.8 Å². The highest BCUT2D eigenvalue weighted by atomic mass is 16.1. The molecular weight excluding hydrogens is 244 g/mol. The summed E-state index contributed by atoms with van der Waals surface area (Å²) in [4.78, 5) is 10.8. The van der Waals surface area contributed by atoms with Crippen molar-refractivity contribution in [2.24, 2.45) is 0 Å². The largest absolute Gasteiger partial charge is 0.298 e. The van der Waals surface area contributed by atoms with Crippen LogP contribution >= 0.6 is 0 Å². The molecule has 0 heterocycles. The van der Waals surface area contributed by atoms with Crippen LogP contribution in [0.3, 0.4) is 0 Å². The summed E-state index contributed by atoms with van der Waals surface area (Å²) in [7, 11) is 0. The maximum Gasteiger partial charge on any atom is 0.150 e. The molecule has 100 valence electrons. The predicted octanol–water partition coefficient (Wildman–Crippen LogP) is 4.87. The van der Waals surface area contributed by atoms with Crippen LogP contribution in [0.15, 0.2) is 49.0 Å². The Bertz CT molecular complexity index is 651. The molecule has 2 aromatic carbocycles. The quantitative estimate of drug-likeness (QED) is 0.554. The number of aldehydes is 1. The zero-order valence-electron chi connectivity index (χ0n) is 11.7. The molecule has 0 aliphatic carbocycles. The Morgan fingerprint density at radius 1 is 1.00 bits per heavy atom. The van der Waals surface area contributed by atoms with Gasteiger partial charge in [-0.15, -0.1) is 0 Å². The van der Waals surface area contributed by atoms with Gasteiger partial charge in [-0.1, -0.05) is 62.1 Å².